The molecule has 0 bridgehead atoms. The fraction of sp³-hybridized carbons (Fsp3) is 0.409. The summed E-state index contributed by atoms with van der Waals surface area (Å²) < 4.78 is 16.5. The molecule has 0 saturated carbocycles. The van der Waals surface area contributed by atoms with Crippen LogP contribution in [0.4, 0.5) is 5.69 Å². The van der Waals surface area contributed by atoms with Gasteiger partial charge >= 0.3 is 0 Å². The highest BCUT2D eigenvalue weighted by molar-refractivity contribution is 14.0. The van der Waals surface area contributed by atoms with E-state index in [9.17, 15) is 0 Å². The van der Waals surface area contributed by atoms with Gasteiger partial charge in [0.2, 0.25) is 0 Å². The van der Waals surface area contributed by atoms with Crippen LogP contribution >= 0.6 is 24.0 Å². The SMILES string of the molecule is CCNC(=NCc1cccc(OCCN(C)C)c1)Nc1ccc(OC)c(OC)c1.I. The van der Waals surface area contributed by atoms with Crippen molar-refractivity contribution in [3.8, 4) is 17.2 Å². The maximum atomic E-state index is 5.81. The van der Waals surface area contributed by atoms with E-state index in [-0.39, 0.29) is 24.0 Å². The molecular weight excluding hydrogens is 495 g/mol. The van der Waals surface area contributed by atoms with Gasteiger partial charge in [0, 0.05) is 24.8 Å². The van der Waals surface area contributed by atoms with Gasteiger partial charge in [-0.3, -0.25) is 0 Å². The first-order valence-corrected chi connectivity index (χ1v) is 9.69. The van der Waals surface area contributed by atoms with E-state index in [0.29, 0.717) is 30.6 Å². The van der Waals surface area contributed by atoms with E-state index in [1.807, 2.05) is 63.5 Å². The minimum Gasteiger partial charge on any atom is -0.493 e. The van der Waals surface area contributed by atoms with Crippen molar-refractivity contribution in [1.82, 2.24) is 10.2 Å². The molecule has 0 saturated heterocycles. The molecule has 2 N–H and O–H groups in total. The Labute approximate surface area is 196 Å². The molecular formula is C22H33IN4O3. The highest BCUT2D eigenvalue weighted by atomic mass is 127. The van der Waals surface area contributed by atoms with Crippen LogP contribution in [0, 0.1) is 0 Å². The van der Waals surface area contributed by atoms with Gasteiger partial charge in [-0.2, -0.15) is 0 Å². The average Bonchev–Trinajstić information content (AvgIpc) is 2.72. The molecule has 2 aromatic carbocycles. The third-order valence-electron chi connectivity index (χ3n) is 4.12. The van der Waals surface area contributed by atoms with Gasteiger partial charge in [0.05, 0.1) is 20.8 Å². The van der Waals surface area contributed by atoms with Crippen LogP contribution in [0.15, 0.2) is 47.5 Å². The molecule has 0 spiro atoms. The lowest BCUT2D eigenvalue weighted by Gasteiger charge is -2.14. The Hall–Kier alpha value is -2.20. The third-order valence-corrected chi connectivity index (χ3v) is 4.12. The number of nitrogens with one attached hydrogen (secondary N) is 2. The molecule has 0 radical (unpaired) electrons. The van der Waals surface area contributed by atoms with E-state index >= 15 is 0 Å². The summed E-state index contributed by atoms with van der Waals surface area (Å²) in [5.74, 6) is 2.90. The number of guanidine groups is 1. The molecule has 2 aromatic rings. The van der Waals surface area contributed by atoms with Crippen LogP contribution in [0.2, 0.25) is 0 Å². The fourth-order valence-corrected chi connectivity index (χ4v) is 2.61. The number of rotatable bonds is 10. The van der Waals surface area contributed by atoms with Gasteiger partial charge in [0.15, 0.2) is 17.5 Å². The zero-order valence-corrected chi connectivity index (χ0v) is 20.7. The van der Waals surface area contributed by atoms with Gasteiger partial charge in [0.25, 0.3) is 0 Å². The highest BCUT2D eigenvalue weighted by Crippen LogP contribution is 2.29. The Morgan fingerprint density at radius 1 is 1.03 bits per heavy atom. The van der Waals surface area contributed by atoms with Crippen LogP contribution < -0.4 is 24.8 Å². The zero-order chi connectivity index (χ0) is 21.1. The number of anilines is 1. The first-order valence-electron chi connectivity index (χ1n) is 9.69. The monoisotopic (exact) mass is 528 g/mol. The number of methoxy groups -OCH3 is 2. The molecule has 7 nitrogen and oxygen atoms in total. The lowest BCUT2D eigenvalue weighted by atomic mass is 10.2. The van der Waals surface area contributed by atoms with Crippen LogP contribution in [-0.2, 0) is 6.54 Å². The summed E-state index contributed by atoms with van der Waals surface area (Å²) >= 11 is 0. The second kappa shape index (κ2) is 13.9. The van der Waals surface area contributed by atoms with Crippen LogP contribution in [0.1, 0.15) is 12.5 Å². The number of halogens is 1. The molecule has 0 atom stereocenters. The van der Waals surface area contributed by atoms with Gasteiger partial charge in [-0.15, -0.1) is 24.0 Å². The van der Waals surface area contributed by atoms with Crippen LogP contribution in [-0.4, -0.2) is 58.9 Å². The lowest BCUT2D eigenvalue weighted by molar-refractivity contribution is 0.261. The van der Waals surface area contributed by atoms with E-state index in [4.69, 9.17) is 14.2 Å². The molecule has 8 heteroatoms. The van der Waals surface area contributed by atoms with Crippen molar-refractivity contribution in [1.29, 1.82) is 0 Å². The van der Waals surface area contributed by atoms with Gasteiger partial charge in [-0.05, 0) is 50.8 Å². The molecule has 0 aliphatic rings. The zero-order valence-electron chi connectivity index (χ0n) is 18.4. The summed E-state index contributed by atoms with van der Waals surface area (Å²) in [7, 11) is 7.30. The molecule has 0 aliphatic heterocycles. The first-order chi connectivity index (χ1) is 14.0. The van der Waals surface area contributed by atoms with Crippen molar-refractivity contribution in [3.63, 3.8) is 0 Å². The Balaban J connectivity index is 0.00000450. The first kappa shape index (κ1) is 25.8. The highest BCUT2D eigenvalue weighted by Gasteiger charge is 2.06. The Morgan fingerprint density at radius 2 is 1.80 bits per heavy atom. The molecule has 0 unspecified atom stereocenters. The van der Waals surface area contributed by atoms with E-state index in [1.54, 1.807) is 14.2 Å². The number of hydrogen-bond donors (Lipinski definition) is 2. The number of likely N-dealkylation sites (N-methyl/N-ethyl adjacent to an activating group) is 1. The van der Waals surface area contributed by atoms with E-state index < -0.39 is 0 Å². The predicted molar refractivity (Wildman–Crippen MR) is 134 cm³/mol. The third kappa shape index (κ3) is 8.66. The summed E-state index contributed by atoms with van der Waals surface area (Å²) in [5.41, 5.74) is 1.94. The van der Waals surface area contributed by atoms with E-state index in [1.165, 1.54) is 0 Å². The number of benzene rings is 2. The van der Waals surface area contributed by atoms with Gasteiger partial charge in [-0.25, -0.2) is 4.99 Å². The topological polar surface area (TPSA) is 67.4 Å². The van der Waals surface area contributed by atoms with Crippen LogP contribution in [0.3, 0.4) is 0 Å². The summed E-state index contributed by atoms with van der Waals surface area (Å²) in [6.45, 7) is 4.86. The van der Waals surface area contributed by atoms with Gasteiger partial charge in [0.1, 0.15) is 12.4 Å². The number of aliphatic imine (C=N–C) groups is 1. The molecule has 0 aromatic heterocycles. The van der Waals surface area contributed by atoms with Crippen LogP contribution in [0.5, 0.6) is 17.2 Å². The van der Waals surface area contributed by atoms with Gasteiger partial charge < -0.3 is 29.7 Å². The molecule has 30 heavy (non-hydrogen) atoms. The number of hydrogen-bond acceptors (Lipinski definition) is 5. The fourth-order valence-electron chi connectivity index (χ4n) is 2.61. The molecule has 2 rings (SSSR count). The Kier molecular flexibility index (Phi) is 12.0. The average molecular weight is 528 g/mol. The molecule has 0 heterocycles. The van der Waals surface area contributed by atoms with E-state index in [0.717, 1.165) is 30.1 Å². The second-order valence-corrected chi connectivity index (χ2v) is 6.69. The van der Waals surface area contributed by atoms with Crippen molar-refractivity contribution in [2.45, 2.75) is 13.5 Å². The van der Waals surface area contributed by atoms with Crippen molar-refractivity contribution >= 4 is 35.6 Å². The lowest BCUT2D eigenvalue weighted by Crippen LogP contribution is -2.30. The van der Waals surface area contributed by atoms with Crippen molar-refractivity contribution < 1.29 is 14.2 Å². The van der Waals surface area contributed by atoms with Gasteiger partial charge in [-0.1, -0.05) is 12.1 Å². The van der Waals surface area contributed by atoms with Crippen LogP contribution in [0.25, 0.3) is 0 Å². The second-order valence-electron chi connectivity index (χ2n) is 6.69. The largest absolute Gasteiger partial charge is 0.493 e. The molecule has 0 fully saturated rings. The number of ether oxygens (including phenoxy) is 3. The standard InChI is InChI=1S/C22H32N4O3.HI/c1-6-23-22(25-18-10-11-20(27-4)21(15-18)28-5)24-16-17-8-7-9-19(14-17)29-13-12-26(2)3;/h7-11,14-15H,6,12-13,16H2,1-5H3,(H2,23,24,25);1H. The van der Waals surface area contributed by atoms with Crippen molar-refractivity contribution in [2.24, 2.45) is 4.99 Å². The minimum absolute atomic E-state index is 0. The Bertz CT molecular complexity index is 800. The van der Waals surface area contributed by atoms with Crippen molar-refractivity contribution in [3.05, 3.63) is 48.0 Å². The minimum atomic E-state index is 0. The molecule has 0 aliphatic carbocycles. The maximum Gasteiger partial charge on any atom is 0.196 e. The maximum absolute atomic E-state index is 5.81. The Morgan fingerprint density at radius 3 is 2.47 bits per heavy atom. The summed E-state index contributed by atoms with van der Waals surface area (Å²) in [5, 5.41) is 6.56. The summed E-state index contributed by atoms with van der Waals surface area (Å²) in [6.07, 6.45) is 0. The smallest absolute Gasteiger partial charge is 0.196 e. The summed E-state index contributed by atoms with van der Waals surface area (Å²) in [6, 6.07) is 13.7. The number of nitrogens with zero attached hydrogens (tertiary/aromatic N) is 2. The van der Waals surface area contributed by atoms with E-state index in [2.05, 4.69) is 20.5 Å². The molecule has 166 valence electrons. The quantitative estimate of drug-likeness (QED) is 0.278. The predicted octanol–water partition coefficient (Wildman–Crippen LogP) is 3.84. The molecule has 0 amide bonds. The summed E-state index contributed by atoms with van der Waals surface area (Å²) in [4.78, 5) is 6.78. The normalized spacial score (nSPS) is 10.9. The van der Waals surface area contributed by atoms with Crippen molar-refractivity contribution in [2.75, 3.05) is 53.3 Å².